The van der Waals surface area contributed by atoms with E-state index in [0.29, 0.717) is 0 Å². The molecule has 1 heterocycles. The third-order valence-electron chi connectivity index (χ3n) is 2.32. The Morgan fingerprint density at radius 3 is 2.87 bits per heavy atom. The van der Waals surface area contributed by atoms with Crippen molar-refractivity contribution in [3.8, 4) is 5.69 Å². The minimum atomic E-state index is -0.142. The summed E-state index contributed by atoms with van der Waals surface area (Å²) in [5.74, 6) is 0. The van der Waals surface area contributed by atoms with Crippen LogP contribution in [0.2, 0.25) is 0 Å². The molecule has 4 heteroatoms. The van der Waals surface area contributed by atoms with Crippen LogP contribution in [0.1, 0.15) is 18.5 Å². The van der Waals surface area contributed by atoms with Crippen molar-refractivity contribution in [1.29, 1.82) is 0 Å². The number of hydrogen-bond donors (Lipinski definition) is 2. The number of aromatic amines is 1. The molecule has 0 aliphatic carbocycles. The molecule has 15 heavy (non-hydrogen) atoms. The Labute approximate surface area is 87.4 Å². The lowest BCUT2D eigenvalue weighted by Crippen LogP contribution is -2.14. The van der Waals surface area contributed by atoms with Crippen LogP contribution in [0.3, 0.4) is 0 Å². The number of rotatable bonds is 2. The van der Waals surface area contributed by atoms with Crippen molar-refractivity contribution in [2.24, 2.45) is 5.73 Å². The van der Waals surface area contributed by atoms with Crippen LogP contribution in [0.15, 0.2) is 41.5 Å². The molecule has 4 nitrogen and oxygen atoms in total. The molecule has 0 fully saturated rings. The molecule has 1 atom stereocenters. The van der Waals surface area contributed by atoms with Gasteiger partial charge in [-0.25, -0.2) is 4.79 Å². The summed E-state index contributed by atoms with van der Waals surface area (Å²) in [7, 11) is 0. The maximum absolute atomic E-state index is 11.4. The molecule has 1 aromatic heterocycles. The first-order valence-corrected chi connectivity index (χ1v) is 4.80. The van der Waals surface area contributed by atoms with E-state index < -0.39 is 0 Å². The number of nitrogens with two attached hydrogens (primary N) is 1. The van der Waals surface area contributed by atoms with Gasteiger partial charge in [-0.05, 0) is 24.6 Å². The number of nitrogens with one attached hydrogen (secondary N) is 1. The molecule has 2 rings (SSSR count). The van der Waals surface area contributed by atoms with Gasteiger partial charge in [0.1, 0.15) is 0 Å². The van der Waals surface area contributed by atoms with E-state index >= 15 is 0 Å². The van der Waals surface area contributed by atoms with Gasteiger partial charge in [-0.3, -0.25) is 4.57 Å². The average Bonchev–Trinajstić information content (AvgIpc) is 2.64. The Kier molecular flexibility index (Phi) is 2.43. The molecule has 0 spiro atoms. The first kappa shape index (κ1) is 9.73. The summed E-state index contributed by atoms with van der Waals surface area (Å²) in [5.41, 5.74) is 7.48. The fourth-order valence-corrected chi connectivity index (χ4v) is 1.48. The van der Waals surface area contributed by atoms with Crippen LogP contribution >= 0.6 is 0 Å². The molecule has 0 amide bonds. The number of H-pyrrole nitrogens is 1. The highest BCUT2D eigenvalue weighted by atomic mass is 16.1. The largest absolute Gasteiger partial charge is 0.330 e. The Hall–Kier alpha value is -1.81. The molecular formula is C11H13N3O. The zero-order valence-corrected chi connectivity index (χ0v) is 8.47. The van der Waals surface area contributed by atoms with Crippen LogP contribution in [-0.2, 0) is 0 Å². The molecule has 0 saturated heterocycles. The Balaban J connectivity index is 2.50. The number of imidazole rings is 1. The molecular weight excluding hydrogens is 190 g/mol. The van der Waals surface area contributed by atoms with Crippen LogP contribution in [-0.4, -0.2) is 9.55 Å². The van der Waals surface area contributed by atoms with Gasteiger partial charge in [-0.2, -0.15) is 0 Å². The lowest BCUT2D eigenvalue weighted by molar-refractivity contribution is 0.815. The Morgan fingerprint density at radius 2 is 2.27 bits per heavy atom. The maximum atomic E-state index is 11.4. The molecule has 3 N–H and O–H groups in total. The quantitative estimate of drug-likeness (QED) is 0.770. The van der Waals surface area contributed by atoms with Gasteiger partial charge in [-0.15, -0.1) is 0 Å². The molecule has 0 saturated carbocycles. The molecule has 0 aliphatic rings. The standard InChI is InChI=1S/C11H13N3O/c1-8(12)9-3-2-4-10(7-9)14-6-5-13-11(14)15/h2-8H,12H2,1H3,(H,13,15). The summed E-state index contributed by atoms with van der Waals surface area (Å²) in [6, 6.07) is 7.61. The van der Waals surface area contributed by atoms with Gasteiger partial charge in [0.05, 0.1) is 5.69 Å². The van der Waals surface area contributed by atoms with Crippen LogP contribution in [0.4, 0.5) is 0 Å². The topological polar surface area (TPSA) is 63.8 Å². The third-order valence-corrected chi connectivity index (χ3v) is 2.32. The predicted molar refractivity (Wildman–Crippen MR) is 59.0 cm³/mol. The number of nitrogens with zero attached hydrogens (tertiary/aromatic N) is 1. The van der Waals surface area contributed by atoms with Crippen molar-refractivity contribution in [2.45, 2.75) is 13.0 Å². The summed E-state index contributed by atoms with van der Waals surface area (Å²) in [4.78, 5) is 14.0. The van der Waals surface area contributed by atoms with E-state index in [1.807, 2.05) is 31.2 Å². The molecule has 1 unspecified atom stereocenters. The fourth-order valence-electron chi connectivity index (χ4n) is 1.48. The van der Waals surface area contributed by atoms with Crippen molar-refractivity contribution in [3.05, 3.63) is 52.7 Å². The first-order valence-electron chi connectivity index (χ1n) is 4.80. The molecule has 1 aromatic carbocycles. The van der Waals surface area contributed by atoms with Crippen molar-refractivity contribution in [1.82, 2.24) is 9.55 Å². The van der Waals surface area contributed by atoms with Crippen molar-refractivity contribution in [2.75, 3.05) is 0 Å². The van der Waals surface area contributed by atoms with Gasteiger partial charge >= 0.3 is 5.69 Å². The van der Waals surface area contributed by atoms with E-state index in [1.54, 1.807) is 17.0 Å². The molecule has 0 bridgehead atoms. The van der Waals surface area contributed by atoms with Crippen molar-refractivity contribution < 1.29 is 0 Å². The normalized spacial score (nSPS) is 12.7. The van der Waals surface area contributed by atoms with Crippen molar-refractivity contribution in [3.63, 3.8) is 0 Å². The maximum Gasteiger partial charge on any atom is 0.330 e. The second kappa shape index (κ2) is 3.74. The highest BCUT2D eigenvalue weighted by Gasteiger charge is 2.03. The minimum absolute atomic E-state index is 0.0282. The SMILES string of the molecule is CC(N)c1cccc(-n2cc[nH]c2=O)c1. The Bertz CT molecular complexity index is 510. The zero-order valence-electron chi connectivity index (χ0n) is 8.47. The summed E-state index contributed by atoms with van der Waals surface area (Å²) in [5, 5.41) is 0. The lowest BCUT2D eigenvalue weighted by Gasteiger charge is -2.07. The van der Waals surface area contributed by atoms with Gasteiger partial charge in [-0.1, -0.05) is 12.1 Å². The van der Waals surface area contributed by atoms with Crippen molar-refractivity contribution >= 4 is 0 Å². The van der Waals surface area contributed by atoms with Crippen LogP contribution < -0.4 is 11.4 Å². The van der Waals surface area contributed by atoms with Crippen LogP contribution in [0.25, 0.3) is 5.69 Å². The predicted octanol–water partition coefficient (Wildman–Crippen LogP) is 1.19. The van der Waals surface area contributed by atoms with E-state index in [2.05, 4.69) is 4.98 Å². The first-order chi connectivity index (χ1) is 7.18. The molecule has 0 aliphatic heterocycles. The van der Waals surface area contributed by atoms with Crippen LogP contribution in [0, 0.1) is 0 Å². The molecule has 0 radical (unpaired) electrons. The van der Waals surface area contributed by atoms with Gasteiger partial charge in [0, 0.05) is 18.4 Å². The number of hydrogen-bond acceptors (Lipinski definition) is 2. The number of aromatic nitrogens is 2. The van der Waals surface area contributed by atoms with E-state index in [9.17, 15) is 4.79 Å². The van der Waals surface area contributed by atoms with Gasteiger partial charge < -0.3 is 10.7 Å². The fraction of sp³-hybridized carbons (Fsp3) is 0.182. The van der Waals surface area contributed by atoms with E-state index in [4.69, 9.17) is 5.73 Å². The lowest BCUT2D eigenvalue weighted by atomic mass is 10.1. The summed E-state index contributed by atoms with van der Waals surface area (Å²) in [6.45, 7) is 1.92. The highest BCUT2D eigenvalue weighted by Crippen LogP contribution is 2.13. The summed E-state index contributed by atoms with van der Waals surface area (Å²) >= 11 is 0. The second-order valence-electron chi connectivity index (χ2n) is 3.52. The highest BCUT2D eigenvalue weighted by molar-refractivity contribution is 5.36. The Morgan fingerprint density at radius 1 is 1.47 bits per heavy atom. The van der Waals surface area contributed by atoms with E-state index in [1.165, 1.54) is 0 Å². The van der Waals surface area contributed by atoms with Gasteiger partial charge in [0.25, 0.3) is 0 Å². The van der Waals surface area contributed by atoms with Gasteiger partial charge in [0.15, 0.2) is 0 Å². The summed E-state index contributed by atoms with van der Waals surface area (Å²) in [6.07, 6.45) is 3.31. The number of benzene rings is 1. The zero-order chi connectivity index (χ0) is 10.8. The minimum Gasteiger partial charge on any atom is -0.324 e. The molecule has 78 valence electrons. The average molecular weight is 203 g/mol. The monoisotopic (exact) mass is 203 g/mol. The van der Waals surface area contributed by atoms with E-state index in [-0.39, 0.29) is 11.7 Å². The third kappa shape index (κ3) is 1.85. The second-order valence-corrected chi connectivity index (χ2v) is 3.52. The van der Waals surface area contributed by atoms with Gasteiger partial charge in [0.2, 0.25) is 0 Å². The van der Waals surface area contributed by atoms with Crippen LogP contribution in [0.5, 0.6) is 0 Å². The van der Waals surface area contributed by atoms with E-state index in [0.717, 1.165) is 11.3 Å². The smallest absolute Gasteiger partial charge is 0.324 e. The summed E-state index contributed by atoms with van der Waals surface area (Å²) < 4.78 is 1.55. The molecule has 2 aromatic rings.